The molecule has 0 saturated heterocycles. The van der Waals surface area contributed by atoms with Crippen molar-refractivity contribution in [3.05, 3.63) is 77.2 Å². The summed E-state index contributed by atoms with van der Waals surface area (Å²) in [4.78, 5) is 15.3. The smallest absolute Gasteiger partial charge is 0.341 e. The first-order valence-electron chi connectivity index (χ1n) is 10.4. The van der Waals surface area contributed by atoms with Gasteiger partial charge in [-0.1, -0.05) is 12.1 Å². The van der Waals surface area contributed by atoms with E-state index in [0.717, 1.165) is 23.1 Å². The van der Waals surface area contributed by atoms with Gasteiger partial charge in [-0.05, 0) is 79.3 Å². The van der Waals surface area contributed by atoms with Crippen LogP contribution in [0.4, 0.5) is 10.1 Å². The Morgan fingerprint density at radius 3 is 2.79 bits per heavy atom. The molecule has 0 saturated carbocycles. The van der Waals surface area contributed by atoms with Gasteiger partial charge in [0.15, 0.2) is 6.61 Å². The fraction of sp³-hybridized carbons (Fsp3) is 0.250. The highest BCUT2D eigenvalue weighted by Crippen LogP contribution is 2.41. The van der Waals surface area contributed by atoms with Gasteiger partial charge in [0.05, 0.1) is 23.6 Å². The van der Waals surface area contributed by atoms with Crippen LogP contribution in [-0.2, 0) is 22.5 Å². The lowest BCUT2D eigenvalue weighted by Crippen LogP contribution is -2.33. The third-order valence-corrected chi connectivity index (χ3v) is 6.47. The van der Waals surface area contributed by atoms with Gasteiger partial charge >= 0.3 is 5.97 Å². The van der Waals surface area contributed by atoms with Crippen molar-refractivity contribution in [3.8, 4) is 17.0 Å². The van der Waals surface area contributed by atoms with Crippen molar-refractivity contribution in [3.63, 3.8) is 0 Å². The molecule has 0 bridgehead atoms. The Morgan fingerprint density at radius 2 is 2.12 bits per heavy atom. The van der Waals surface area contributed by atoms with Crippen LogP contribution in [0.5, 0.6) is 5.75 Å². The number of nitrogens with zero attached hydrogens (tertiary/aromatic N) is 2. The Labute approximate surface area is 193 Å². The van der Waals surface area contributed by atoms with E-state index in [1.165, 1.54) is 16.6 Å². The zero-order chi connectivity index (χ0) is 23.5. The number of aromatic nitrogens is 1. The van der Waals surface area contributed by atoms with Gasteiger partial charge in [0.1, 0.15) is 11.6 Å². The van der Waals surface area contributed by atoms with Gasteiger partial charge in [-0.3, -0.25) is 13.5 Å². The number of hydrogen-bond acceptors (Lipinski definition) is 5. The second kappa shape index (κ2) is 9.68. The molecule has 2 atom stereocenters. The molecule has 33 heavy (non-hydrogen) atoms. The number of aryl methyl sites for hydroxylation is 1. The molecule has 1 aromatic heterocycles. The van der Waals surface area contributed by atoms with E-state index < -0.39 is 29.9 Å². The number of carboxylic acid groups (broad SMARTS) is 1. The van der Waals surface area contributed by atoms with E-state index in [9.17, 15) is 17.9 Å². The van der Waals surface area contributed by atoms with Crippen LogP contribution in [0.1, 0.15) is 35.6 Å². The Morgan fingerprint density at radius 1 is 1.30 bits per heavy atom. The molecule has 4 rings (SSSR count). The number of benzene rings is 2. The molecule has 1 aliphatic rings. The lowest BCUT2D eigenvalue weighted by atomic mass is 9.87. The van der Waals surface area contributed by atoms with Crippen LogP contribution in [0.2, 0.25) is 0 Å². The molecule has 172 valence electrons. The van der Waals surface area contributed by atoms with E-state index in [1.807, 2.05) is 6.07 Å². The number of aliphatic carboxylic acids is 1. The Balaban J connectivity index is 1.66. The lowest BCUT2D eigenvalue weighted by Gasteiger charge is -2.38. The molecule has 0 spiro atoms. The summed E-state index contributed by atoms with van der Waals surface area (Å²) in [6, 6.07) is 12.9. The molecule has 3 aromatic rings. The average Bonchev–Trinajstić information content (AvgIpc) is 2.80. The second-order valence-electron chi connectivity index (χ2n) is 7.82. The topological polar surface area (TPSA) is 103 Å². The van der Waals surface area contributed by atoms with Crippen LogP contribution in [0.3, 0.4) is 0 Å². The predicted molar refractivity (Wildman–Crippen MR) is 121 cm³/mol. The van der Waals surface area contributed by atoms with Crippen molar-refractivity contribution in [2.75, 3.05) is 10.9 Å². The third kappa shape index (κ3) is 4.89. The molecular formula is C24H22FN2O5S-. The van der Waals surface area contributed by atoms with Crippen molar-refractivity contribution in [2.24, 2.45) is 0 Å². The van der Waals surface area contributed by atoms with Crippen LogP contribution in [0, 0.1) is 12.7 Å². The van der Waals surface area contributed by atoms with Crippen LogP contribution in [0.25, 0.3) is 11.3 Å². The first kappa shape index (κ1) is 22.9. The molecule has 0 aliphatic heterocycles. The number of carboxylic acids is 1. The van der Waals surface area contributed by atoms with E-state index >= 15 is 0 Å². The minimum Gasteiger partial charge on any atom is -0.755 e. The number of fused-ring (bicyclic) bond motifs is 1. The third-order valence-electron chi connectivity index (χ3n) is 5.68. The van der Waals surface area contributed by atoms with Crippen molar-refractivity contribution < 1.29 is 27.8 Å². The van der Waals surface area contributed by atoms with E-state index in [1.54, 1.807) is 43.3 Å². The number of anilines is 1. The van der Waals surface area contributed by atoms with E-state index in [-0.39, 0.29) is 5.82 Å². The highest BCUT2D eigenvalue weighted by molar-refractivity contribution is 7.80. The number of carbonyl (C=O) groups is 1. The molecule has 0 fully saturated rings. The maximum absolute atomic E-state index is 13.6. The van der Waals surface area contributed by atoms with Crippen molar-refractivity contribution >= 4 is 22.9 Å². The monoisotopic (exact) mass is 469 g/mol. The van der Waals surface area contributed by atoms with Crippen LogP contribution >= 0.6 is 0 Å². The maximum atomic E-state index is 13.6. The fourth-order valence-corrected chi connectivity index (χ4v) is 4.88. The quantitative estimate of drug-likeness (QED) is 0.517. The van der Waals surface area contributed by atoms with Gasteiger partial charge in [0.25, 0.3) is 0 Å². The molecule has 9 heteroatoms. The highest BCUT2D eigenvalue weighted by Gasteiger charge is 2.29. The number of rotatable bonds is 7. The highest BCUT2D eigenvalue weighted by atomic mass is 32.2. The summed E-state index contributed by atoms with van der Waals surface area (Å²) in [5.74, 6) is -0.924. The molecule has 2 aromatic carbocycles. The second-order valence-corrected chi connectivity index (χ2v) is 8.65. The van der Waals surface area contributed by atoms with Gasteiger partial charge in [-0.25, -0.2) is 9.18 Å². The summed E-state index contributed by atoms with van der Waals surface area (Å²) in [6.45, 7) is 1.21. The van der Waals surface area contributed by atoms with Gasteiger partial charge in [0, 0.05) is 16.8 Å². The maximum Gasteiger partial charge on any atom is 0.341 e. The molecule has 2 unspecified atom stereocenters. The Hall–Kier alpha value is -3.30. The zero-order valence-corrected chi connectivity index (χ0v) is 18.7. The minimum atomic E-state index is -2.58. The molecular weight excluding hydrogens is 447 g/mol. The first-order valence-corrected chi connectivity index (χ1v) is 11.5. The Bertz CT molecular complexity index is 1200. The predicted octanol–water partition coefficient (Wildman–Crippen LogP) is 4.34. The standard InChI is InChI=1S/C24H23FN2O5S/c1-15-12-16(8-10-20(15)25)21-11-9-17(13-26-21)27(33(30)31)22-6-2-5-19-18(22)4-3-7-23(19)32-14-24(28)29/h3-4,7-13,22H,2,5-6,14H2,1H3,(H,28,29)(H,30,31)/p-1. The first-order chi connectivity index (χ1) is 15.8. The van der Waals surface area contributed by atoms with Gasteiger partial charge in [0.2, 0.25) is 0 Å². The number of pyridine rings is 1. The number of halogens is 1. The summed E-state index contributed by atoms with van der Waals surface area (Å²) in [6.07, 6.45) is 3.48. The summed E-state index contributed by atoms with van der Waals surface area (Å²) in [5, 5.41) is 8.93. The molecule has 0 amide bonds. The molecule has 0 radical (unpaired) electrons. The van der Waals surface area contributed by atoms with E-state index in [4.69, 9.17) is 9.84 Å². The molecule has 7 nitrogen and oxygen atoms in total. The van der Waals surface area contributed by atoms with Gasteiger partial charge in [-0.2, -0.15) is 0 Å². The summed E-state index contributed by atoms with van der Waals surface area (Å²) in [5.41, 5.74) is 3.84. The van der Waals surface area contributed by atoms with Gasteiger partial charge < -0.3 is 14.4 Å². The summed E-state index contributed by atoms with van der Waals surface area (Å²) in [7, 11) is 0. The SMILES string of the molecule is Cc1cc(-c2ccc(N(C3CCCc4c(OCC(=O)O)cccc43)S(=O)[O-])cn2)ccc1F. The van der Waals surface area contributed by atoms with Gasteiger partial charge in [-0.15, -0.1) is 0 Å². The normalized spacial score (nSPS) is 16.0. The van der Waals surface area contributed by atoms with Crippen molar-refractivity contribution in [2.45, 2.75) is 32.2 Å². The summed E-state index contributed by atoms with van der Waals surface area (Å²) < 4.78 is 44.9. The molecule has 1 N–H and O–H groups in total. The fourth-order valence-electron chi connectivity index (χ4n) is 4.17. The lowest BCUT2D eigenvalue weighted by molar-refractivity contribution is -0.139. The van der Waals surface area contributed by atoms with Crippen LogP contribution in [-0.4, -0.2) is 31.4 Å². The average molecular weight is 470 g/mol. The van der Waals surface area contributed by atoms with E-state index in [0.29, 0.717) is 35.5 Å². The minimum absolute atomic E-state index is 0.300. The van der Waals surface area contributed by atoms with Crippen molar-refractivity contribution in [1.82, 2.24) is 4.98 Å². The molecule has 1 heterocycles. The Kier molecular flexibility index (Phi) is 6.71. The number of hydrogen-bond donors (Lipinski definition) is 1. The molecule has 1 aliphatic carbocycles. The van der Waals surface area contributed by atoms with Crippen LogP contribution < -0.4 is 9.04 Å². The van der Waals surface area contributed by atoms with Crippen molar-refractivity contribution in [1.29, 1.82) is 0 Å². The zero-order valence-electron chi connectivity index (χ0n) is 17.9. The number of ether oxygens (including phenoxy) is 1. The van der Waals surface area contributed by atoms with E-state index in [2.05, 4.69) is 4.98 Å². The summed E-state index contributed by atoms with van der Waals surface area (Å²) >= 11 is -2.58. The largest absolute Gasteiger partial charge is 0.755 e. The van der Waals surface area contributed by atoms with Crippen LogP contribution in [0.15, 0.2) is 54.7 Å².